The zero-order valence-corrected chi connectivity index (χ0v) is 10.4. The number of nitrogens with one attached hydrogen (secondary N) is 1. The summed E-state index contributed by atoms with van der Waals surface area (Å²) in [7, 11) is 0. The van der Waals surface area contributed by atoms with Gasteiger partial charge in [-0.05, 0) is 36.2 Å². The first kappa shape index (κ1) is 11.5. The third kappa shape index (κ3) is 2.46. The number of aromatic nitrogens is 1. The topological polar surface area (TPSA) is 24.9 Å². The van der Waals surface area contributed by atoms with Gasteiger partial charge >= 0.3 is 0 Å². The second kappa shape index (κ2) is 4.58. The van der Waals surface area contributed by atoms with Crippen LogP contribution in [-0.2, 0) is 0 Å². The molecule has 1 saturated carbocycles. The summed E-state index contributed by atoms with van der Waals surface area (Å²) in [4.78, 5) is 3.94. The maximum absolute atomic E-state index is 12.8. The van der Waals surface area contributed by atoms with Crippen LogP contribution in [0.3, 0.4) is 0 Å². The molecule has 1 aliphatic carbocycles. The third-order valence-electron chi connectivity index (χ3n) is 3.17. The van der Waals surface area contributed by atoms with Gasteiger partial charge in [0, 0.05) is 23.8 Å². The van der Waals surface area contributed by atoms with E-state index in [0.717, 1.165) is 12.1 Å². The first-order chi connectivity index (χ1) is 8.72. The molecule has 1 aliphatic rings. The Kier molecular flexibility index (Phi) is 2.92. The number of nitrogens with zero attached hydrogens (tertiary/aromatic N) is 1. The minimum Gasteiger partial charge on any atom is -0.382 e. The molecule has 4 heteroatoms. The van der Waals surface area contributed by atoms with E-state index in [9.17, 15) is 4.39 Å². The molecule has 3 rings (SSSR count). The third-order valence-corrected chi connectivity index (χ3v) is 3.37. The average Bonchev–Trinajstić information content (AvgIpc) is 3.09. The number of hydrogen-bond donors (Lipinski definition) is 1. The SMILES string of the molecule is Fc1ccc([C@@H]2C[C@H]2Nc2ccnc(Cl)c2)cc1. The molecule has 0 spiro atoms. The monoisotopic (exact) mass is 262 g/mol. The Bertz CT molecular complexity index is 556. The highest BCUT2D eigenvalue weighted by Crippen LogP contribution is 2.42. The Morgan fingerprint density at radius 1 is 1.22 bits per heavy atom. The van der Waals surface area contributed by atoms with Crippen molar-refractivity contribution < 1.29 is 4.39 Å². The van der Waals surface area contributed by atoms with Crippen molar-refractivity contribution in [2.24, 2.45) is 0 Å². The van der Waals surface area contributed by atoms with Crippen molar-refractivity contribution in [3.05, 3.63) is 59.1 Å². The van der Waals surface area contributed by atoms with Crippen molar-refractivity contribution in [1.82, 2.24) is 4.98 Å². The average molecular weight is 263 g/mol. The molecule has 2 atom stereocenters. The summed E-state index contributed by atoms with van der Waals surface area (Å²) in [5, 5.41) is 3.89. The number of pyridine rings is 1. The molecule has 0 radical (unpaired) electrons. The lowest BCUT2D eigenvalue weighted by molar-refractivity contribution is 0.627. The Morgan fingerprint density at radius 2 is 2.00 bits per heavy atom. The summed E-state index contributed by atoms with van der Waals surface area (Å²) in [6.45, 7) is 0. The van der Waals surface area contributed by atoms with E-state index in [4.69, 9.17) is 11.6 Å². The number of halogens is 2. The fourth-order valence-corrected chi connectivity index (χ4v) is 2.31. The summed E-state index contributed by atoms with van der Waals surface area (Å²) in [5.41, 5.74) is 2.15. The molecule has 1 aromatic heterocycles. The van der Waals surface area contributed by atoms with E-state index in [-0.39, 0.29) is 5.82 Å². The van der Waals surface area contributed by atoms with Gasteiger partial charge in [-0.3, -0.25) is 0 Å². The van der Waals surface area contributed by atoms with Crippen LogP contribution in [0.2, 0.25) is 5.15 Å². The van der Waals surface area contributed by atoms with E-state index < -0.39 is 0 Å². The van der Waals surface area contributed by atoms with E-state index in [1.54, 1.807) is 6.20 Å². The number of anilines is 1. The van der Waals surface area contributed by atoms with Gasteiger partial charge in [-0.2, -0.15) is 0 Å². The van der Waals surface area contributed by atoms with Crippen molar-refractivity contribution in [3.63, 3.8) is 0 Å². The molecule has 1 N–H and O–H groups in total. The summed E-state index contributed by atoms with van der Waals surface area (Å²) in [5.74, 6) is 0.266. The Hall–Kier alpha value is -1.61. The van der Waals surface area contributed by atoms with Crippen molar-refractivity contribution in [2.75, 3.05) is 5.32 Å². The molecule has 0 unspecified atom stereocenters. The number of rotatable bonds is 3. The van der Waals surface area contributed by atoms with Gasteiger partial charge < -0.3 is 5.32 Å². The molecular weight excluding hydrogens is 251 g/mol. The molecule has 0 amide bonds. The number of hydrogen-bond acceptors (Lipinski definition) is 2. The fourth-order valence-electron chi connectivity index (χ4n) is 2.14. The normalized spacial score (nSPS) is 21.7. The molecular formula is C14H12ClFN2. The summed E-state index contributed by atoms with van der Waals surface area (Å²) in [6, 6.07) is 10.8. The zero-order valence-electron chi connectivity index (χ0n) is 9.61. The van der Waals surface area contributed by atoms with Crippen LogP contribution in [0.5, 0.6) is 0 Å². The van der Waals surface area contributed by atoms with Crippen molar-refractivity contribution in [3.8, 4) is 0 Å². The van der Waals surface area contributed by atoms with Crippen LogP contribution in [0.25, 0.3) is 0 Å². The minimum absolute atomic E-state index is 0.190. The second-order valence-electron chi connectivity index (χ2n) is 4.51. The van der Waals surface area contributed by atoms with E-state index in [0.29, 0.717) is 17.1 Å². The predicted molar refractivity (Wildman–Crippen MR) is 70.4 cm³/mol. The Balaban J connectivity index is 1.66. The minimum atomic E-state index is -0.190. The standard InChI is InChI=1S/C14H12ClFN2/c15-14-7-11(5-6-17-14)18-13-8-12(13)9-1-3-10(16)4-2-9/h1-7,12-13H,8H2,(H,17,18)/t12-,13+/m0/s1. The molecule has 1 heterocycles. The lowest BCUT2D eigenvalue weighted by Crippen LogP contribution is -2.04. The lowest BCUT2D eigenvalue weighted by atomic mass is 10.1. The highest BCUT2D eigenvalue weighted by Gasteiger charge is 2.38. The van der Waals surface area contributed by atoms with Gasteiger partial charge in [0.15, 0.2) is 0 Å². The van der Waals surface area contributed by atoms with Gasteiger partial charge in [-0.15, -0.1) is 0 Å². The van der Waals surface area contributed by atoms with Crippen LogP contribution in [0.1, 0.15) is 17.9 Å². The van der Waals surface area contributed by atoms with Gasteiger partial charge in [0.2, 0.25) is 0 Å². The zero-order chi connectivity index (χ0) is 12.5. The summed E-state index contributed by atoms with van der Waals surface area (Å²) >= 11 is 5.83. The van der Waals surface area contributed by atoms with Gasteiger partial charge in [0.25, 0.3) is 0 Å². The van der Waals surface area contributed by atoms with Crippen molar-refractivity contribution >= 4 is 17.3 Å². The second-order valence-corrected chi connectivity index (χ2v) is 4.90. The van der Waals surface area contributed by atoms with Gasteiger partial charge in [0.1, 0.15) is 11.0 Å². The lowest BCUT2D eigenvalue weighted by Gasteiger charge is -2.06. The maximum atomic E-state index is 12.8. The molecule has 0 aliphatic heterocycles. The van der Waals surface area contributed by atoms with Crippen molar-refractivity contribution in [1.29, 1.82) is 0 Å². The highest BCUT2D eigenvalue weighted by molar-refractivity contribution is 6.29. The van der Waals surface area contributed by atoms with E-state index in [1.807, 2.05) is 24.3 Å². The van der Waals surface area contributed by atoms with E-state index in [2.05, 4.69) is 10.3 Å². The number of benzene rings is 1. The largest absolute Gasteiger partial charge is 0.382 e. The van der Waals surface area contributed by atoms with Crippen LogP contribution in [0.4, 0.5) is 10.1 Å². The summed E-state index contributed by atoms with van der Waals surface area (Å²) < 4.78 is 12.8. The summed E-state index contributed by atoms with van der Waals surface area (Å²) in [6.07, 6.45) is 2.74. The first-order valence-electron chi connectivity index (χ1n) is 5.86. The van der Waals surface area contributed by atoms with Gasteiger partial charge in [-0.25, -0.2) is 9.37 Å². The van der Waals surface area contributed by atoms with Crippen LogP contribution in [0, 0.1) is 5.82 Å². The molecule has 92 valence electrons. The maximum Gasteiger partial charge on any atom is 0.131 e. The molecule has 2 aromatic rings. The van der Waals surface area contributed by atoms with Crippen LogP contribution < -0.4 is 5.32 Å². The smallest absolute Gasteiger partial charge is 0.131 e. The van der Waals surface area contributed by atoms with Crippen LogP contribution >= 0.6 is 11.6 Å². The molecule has 0 bridgehead atoms. The van der Waals surface area contributed by atoms with E-state index in [1.165, 1.54) is 17.7 Å². The molecule has 1 aromatic carbocycles. The quantitative estimate of drug-likeness (QED) is 0.850. The predicted octanol–water partition coefficient (Wildman–Crippen LogP) is 3.84. The fraction of sp³-hybridized carbons (Fsp3) is 0.214. The van der Waals surface area contributed by atoms with Crippen LogP contribution in [-0.4, -0.2) is 11.0 Å². The van der Waals surface area contributed by atoms with E-state index >= 15 is 0 Å². The molecule has 1 fully saturated rings. The van der Waals surface area contributed by atoms with Gasteiger partial charge in [0.05, 0.1) is 0 Å². The Morgan fingerprint density at radius 3 is 2.72 bits per heavy atom. The van der Waals surface area contributed by atoms with Crippen LogP contribution in [0.15, 0.2) is 42.6 Å². The Labute approximate surface area is 110 Å². The van der Waals surface area contributed by atoms with Gasteiger partial charge in [-0.1, -0.05) is 23.7 Å². The molecule has 0 saturated heterocycles. The first-order valence-corrected chi connectivity index (χ1v) is 6.24. The molecule has 2 nitrogen and oxygen atoms in total. The molecule has 18 heavy (non-hydrogen) atoms. The highest BCUT2D eigenvalue weighted by atomic mass is 35.5. The van der Waals surface area contributed by atoms with Crippen molar-refractivity contribution in [2.45, 2.75) is 18.4 Å².